The second kappa shape index (κ2) is 7.38. The highest BCUT2D eigenvalue weighted by atomic mass is 15.8. The van der Waals surface area contributed by atoms with Gasteiger partial charge < -0.3 is 0 Å². The van der Waals surface area contributed by atoms with E-state index in [9.17, 15) is 0 Å². The van der Waals surface area contributed by atoms with E-state index >= 15 is 0 Å². The lowest BCUT2D eigenvalue weighted by Crippen LogP contribution is -2.37. The second-order valence-electron chi connectivity index (χ2n) is 8.18. The van der Waals surface area contributed by atoms with E-state index in [1.165, 1.54) is 0 Å². The van der Waals surface area contributed by atoms with Gasteiger partial charge in [0.25, 0.3) is 0 Å². The van der Waals surface area contributed by atoms with Crippen LogP contribution in [0.25, 0.3) is 33.3 Å². The van der Waals surface area contributed by atoms with E-state index in [-0.39, 0.29) is 0 Å². The average Bonchev–Trinajstić information content (AvgIpc) is 3.52. The molecule has 6 rings (SSSR count). The minimum atomic E-state index is 0.634. The van der Waals surface area contributed by atoms with Crippen molar-refractivity contribution in [2.24, 2.45) is 14.1 Å². The molecule has 164 valence electrons. The summed E-state index contributed by atoms with van der Waals surface area (Å²) in [4.78, 5) is 14.1. The van der Waals surface area contributed by atoms with Crippen LogP contribution in [0.1, 0.15) is 5.56 Å². The van der Waals surface area contributed by atoms with Crippen LogP contribution in [0.3, 0.4) is 0 Å². The smallest absolute Gasteiger partial charge is 0.190 e. The molecule has 5 aromatic rings. The molecule has 0 aliphatic carbocycles. The first-order valence-electron chi connectivity index (χ1n) is 10.5. The molecule has 10 nitrogen and oxygen atoms in total. The number of rotatable bonds is 4. The molecule has 4 aromatic heterocycles. The van der Waals surface area contributed by atoms with Crippen LogP contribution in [0.5, 0.6) is 0 Å². The molecule has 0 saturated carbocycles. The number of nitrogens with zero attached hydrogens (tertiary/aromatic N) is 9. The number of anilines is 2. The van der Waals surface area contributed by atoms with Gasteiger partial charge in [-0.1, -0.05) is 6.07 Å². The number of hydrogen-bond acceptors (Lipinski definition) is 8. The Bertz CT molecular complexity index is 1480. The van der Waals surface area contributed by atoms with Gasteiger partial charge in [-0.2, -0.15) is 10.2 Å². The normalized spacial score (nSPS) is 13.5. The van der Waals surface area contributed by atoms with E-state index < -0.39 is 0 Å². The van der Waals surface area contributed by atoms with Crippen molar-refractivity contribution in [2.45, 2.75) is 6.54 Å². The van der Waals surface area contributed by atoms with E-state index in [2.05, 4.69) is 54.9 Å². The third-order valence-corrected chi connectivity index (χ3v) is 5.75. The molecule has 0 atom stereocenters. The maximum Gasteiger partial charge on any atom is 0.190 e. The summed E-state index contributed by atoms with van der Waals surface area (Å²) >= 11 is 0. The van der Waals surface area contributed by atoms with Crippen molar-refractivity contribution in [1.29, 1.82) is 0 Å². The minimum Gasteiger partial charge on any atom is -0.282 e. The Labute approximate surface area is 190 Å². The fourth-order valence-electron chi connectivity index (χ4n) is 4.05. The predicted molar refractivity (Wildman–Crippen MR) is 126 cm³/mol. The first kappa shape index (κ1) is 19.4. The minimum absolute atomic E-state index is 0.634. The number of benzene rings is 1. The first-order chi connectivity index (χ1) is 16.0. The van der Waals surface area contributed by atoms with Gasteiger partial charge in [-0.15, -0.1) is 5.12 Å². The van der Waals surface area contributed by atoms with Crippen molar-refractivity contribution in [3.8, 4) is 22.4 Å². The third-order valence-electron chi connectivity index (χ3n) is 5.75. The van der Waals surface area contributed by atoms with Crippen LogP contribution in [0, 0.1) is 0 Å². The maximum atomic E-state index is 4.87. The van der Waals surface area contributed by atoms with Crippen molar-refractivity contribution >= 4 is 22.5 Å². The summed E-state index contributed by atoms with van der Waals surface area (Å²) in [7, 11) is 5.76. The molecular weight excluding hydrogens is 416 g/mol. The molecule has 0 spiro atoms. The van der Waals surface area contributed by atoms with Gasteiger partial charge in [0.1, 0.15) is 0 Å². The Morgan fingerprint density at radius 1 is 0.818 bits per heavy atom. The fourth-order valence-corrected chi connectivity index (χ4v) is 4.05. The highest BCUT2D eigenvalue weighted by molar-refractivity contribution is 5.84. The summed E-state index contributed by atoms with van der Waals surface area (Å²) in [6, 6.07) is 8.48. The number of hydrogen-bond donors (Lipinski definition) is 1. The van der Waals surface area contributed by atoms with Crippen molar-refractivity contribution < 1.29 is 0 Å². The van der Waals surface area contributed by atoms with Crippen LogP contribution < -0.4 is 10.4 Å². The molecule has 0 unspecified atom stereocenters. The van der Waals surface area contributed by atoms with Crippen LogP contribution in [-0.2, 0) is 20.6 Å². The van der Waals surface area contributed by atoms with Crippen molar-refractivity contribution in [1.82, 2.24) is 39.6 Å². The topological polar surface area (TPSA) is 92.8 Å². The molecule has 1 aliphatic heterocycles. The average molecular weight is 438 g/mol. The van der Waals surface area contributed by atoms with Crippen LogP contribution in [0.15, 0.2) is 61.4 Å². The summed E-state index contributed by atoms with van der Waals surface area (Å²) in [5, 5.41) is 13.6. The Morgan fingerprint density at radius 2 is 1.61 bits per heavy atom. The Balaban J connectivity index is 1.33. The summed E-state index contributed by atoms with van der Waals surface area (Å²) in [5.74, 6) is 1.51. The molecule has 1 N–H and O–H groups in total. The Hall–Kier alpha value is -4.31. The van der Waals surface area contributed by atoms with Gasteiger partial charge >= 0.3 is 0 Å². The molecule has 0 amide bonds. The van der Waals surface area contributed by atoms with E-state index in [1.54, 1.807) is 21.8 Å². The number of aryl methyl sites for hydroxylation is 2. The number of hydrazine groups is 2. The quantitative estimate of drug-likeness (QED) is 0.458. The Morgan fingerprint density at radius 3 is 2.36 bits per heavy atom. The predicted octanol–water partition coefficient (Wildman–Crippen LogP) is 3.02. The number of nitrogens with one attached hydrogen (secondary N) is 1. The zero-order chi connectivity index (χ0) is 22.5. The third kappa shape index (κ3) is 3.46. The molecule has 1 aliphatic rings. The zero-order valence-electron chi connectivity index (χ0n) is 18.5. The highest BCUT2D eigenvalue weighted by Gasteiger charge is 2.27. The maximum absolute atomic E-state index is 4.87. The van der Waals surface area contributed by atoms with Gasteiger partial charge in [-0.3, -0.25) is 24.8 Å². The molecule has 5 heterocycles. The molecule has 0 saturated heterocycles. The monoisotopic (exact) mass is 438 g/mol. The largest absolute Gasteiger partial charge is 0.282 e. The SMILES string of the molecule is CN1Nc2ncc(-c3cnn(C)c3)nc2N1Cc1ccc2ncc(-c3cnn(C)c3)cc2c1. The standard InChI is InChI=1S/C23H22N10/c1-30-13-18(9-26-30)17-7-16-6-15(4-5-20(16)24-8-17)12-33-23-22(29-32(33)3)25-11-21(28-23)19-10-27-31(2)14-19/h4-11,13-14H,12H2,1-3H3,(H,25,29). The van der Waals surface area contributed by atoms with Gasteiger partial charge in [-0.05, 0) is 23.8 Å². The van der Waals surface area contributed by atoms with Crippen LogP contribution in [0.4, 0.5) is 11.6 Å². The molecule has 0 bridgehead atoms. The van der Waals surface area contributed by atoms with Crippen LogP contribution in [0.2, 0.25) is 0 Å². The lowest BCUT2D eigenvalue weighted by Gasteiger charge is -2.24. The van der Waals surface area contributed by atoms with E-state index in [1.807, 2.05) is 51.0 Å². The lowest BCUT2D eigenvalue weighted by atomic mass is 10.1. The highest BCUT2D eigenvalue weighted by Crippen LogP contribution is 2.33. The number of fused-ring (bicyclic) bond motifs is 2. The van der Waals surface area contributed by atoms with E-state index in [0.29, 0.717) is 6.54 Å². The second-order valence-corrected chi connectivity index (χ2v) is 8.18. The van der Waals surface area contributed by atoms with E-state index in [0.717, 1.165) is 50.5 Å². The molecular formula is C23H22N10. The first-order valence-corrected chi connectivity index (χ1v) is 10.5. The van der Waals surface area contributed by atoms with Gasteiger partial charge in [0.2, 0.25) is 0 Å². The molecule has 33 heavy (non-hydrogen) atoms. The molecule has 1 aromatic carbocycles. The molecule has 0 radical (unpaired) electrons. The van der Waals surface area contributed by atoms with E-state index in [4.69, 9.17) is 4.98 Å². The fraction of sp³-hybridized carbons (Fsp3) is 0.174. The van der Waals surface area contributed by atoms with Gasteiger partial charge in [0.15, 0.2) is 11.6 Å². The Kier molecular flexibility index (Phi) is 4.34. The van der Waals surface area contributed by atoms with Gasteiger partial charge in [0.05, 0.1) is 36.3 Å². The summed E-state index contributed by atoms with van der Waals surface area (Å²) < 4.78 is 3.56. The zero-order valence-corrected chi connectivity index (χ0v) is 18.5. The van der Waals surface area contributed by atoms with Crippen LogP contribution in [-0.4, -0.2) is 46.7 Å². The summed E-state index contributed by atoms with van der Waals surface area (Å²) in [6.07, 6.45) is 11.2. The summed E-state index contributed by atoms with van der Waals surface area (Å²) in [5.41, 5.74) is 9.18. The van der Waals surface area contributed by atoms with Crippen molar-refractivity contribution in [2.75, 3.05) is 17.5 Å². The van der Waals surface area contributed by atoms with Crippen molar-refractivity contribution in [3.63, 3.8) is 0 Å². The van der Waals surface area contributed by atoms with Crippen molar-refractivity contribution in [3.05, 3.63) is 67.0 Å². The van der Waals surface area contributed by atoms with Gasteiger partial charge in [-0.25, -0.2) is 9.97 Å². The van der Waals surface area contributed by atoms with Crippen LogP contribution >= 0.6 is 0 Å². The number of aromatic nitrogens is 7. The summed E-state index contributed by atoms with van der Waals surface area (Å²) in [6.45, 7) is 0.634. The number of pyridine rings is 1. The molecule has 0 fully saturated rings. The van der Waals surface area contributed by atoms with Gasteiger partial charge in [0, 0.05) is 61.8 Å². The molecule has 10 heteroatoms. The lowest BCUT2D eigenvalue weighted by molar-refractivity contribution is 0.378.